The van der Waals surface area contributed by atoms with Crippen molar-refractivity contribution in [1.29, 1.82) is 0 Å². The van der Waals surface area contributed by atoms with E-state index in [4.69, 9.17) is 5.53 Å². The van der Waals surface area contributed by atoms with Crippen LogP contribution in [0.2, 0.25) is 0 Å². The summed E-state index contributed by atoms with van der Waals surface area (Å²) in [6, 6.07) is 7.58. The monoisotopic (exact) mass is 217 g/mol. The quantitative estimate of drug-likeness (QED) is 0.433. The molecular formula is C12H15N3O. The summed E-state index contributed by atoms with van der Waals surface area (Å²) in [7, 11) is 0. The molecule has 4 nitrogen and oxygen atoms in total. The van der Waals surface area contributed by atoms with Gasteiger partial charge in [0.2, 0.25) is 0 Å². The highest BCUT2D eigenvalue weighted by Gasteiger charge is 2.18. The van der Waals surface area contributed by atoms with Crippen LogP contribution in [0.5, 0.6) is 0 Å². The zero-order valence-electron chi connectivity index (χ0n) is 9.77. The number of carbonyl (C=O) groups excluding carboxylic acids is 1. The van der Waals surface area contributed by atoms with Crippen molar-refractivity contribution in [2.24, 2.45) is 5.11 Å². The lowest BCUT2D eigenvalue weighted by Gasteiger charge is -2.18. The Kier molecular flexibility index (Phi) is 3.69. The molecule has 0 aliphatic heterocycles. The first-order chi connectivity index (χ1) is 7.45. The fourth-order valence-electron chi connectivity index (χ4n) is 1.49. The lowest BCUT2D eigenvalue weighted by atomic mass is 9.94. The predicted octanol–water partition coefficient (Wildman–Crippen LogP) is 3.36. The van der Waals surface area contributed by atoms with Gasteiger partial charge < -0.3 is 0 Å². The van der Waals surface area contributed by atoms with Crippen LogP contribution in [0.4, 0.5) is 0 Å². The smallest absolute Gasteiger partial charge is 0.134 e. The first-order valence-electron chi connectivity index (χ1n) is 5.11. The average Bonchev–Trinajstić information content (AvgIpc) is 2.17. The Morgan fingerprint density at radius 1 is 1.38 bits per heavy atom. The molecule has 0 aliphatic rings. The maximum atomic E-state index is 10.9. The highest BCUT2D eigenvalue weighted by atomic mass is 16.1. The maximum Gasteiger partial charge on any atom is 0.134 e. The van der Waals surface area contributed by atoms with E-state index in [1.807, 2.05) is 38.1 Å². The maximum absolute atomic E-state index is 10.9. The molecule has 0 saturated carbocycles. The van der Waals surface area contributed by atoms with E-state index in [2.05, 4.69) is 10.0 Å². The number of benzene rings is 1. The molecule has 16 heavy (non-hydrogen) atoms. The lowest BCUT2D eigenvalue weighted by molar-refractivity contribution is -0.116. The second-order valence-corrected chi connectivity index (χ2v) is 4.32. The third-order valence-electron chi connectivity index (χ3n) is 2.41. The van der Waals surface area contributed by atoms with Gasteiger partial charge >= 0.3 is 0 Å². The predicted molar refractivity (Wildman–Crippen MR) is 63.0 cm³/mol. The molecule has 1 aromatic carbocycles. The summed E-state index contributed by atoms with van der Waals surface area (Å²) in [4.78, 5) is 13.8. The van der Waals surface area contributed by atoms with Crippen molar-refractivity contribution >= 4 is 5.78 Å². The van der Waals surface area contributed by atoms with Crippen LogP contribution in [-0.2, 0) is 16.8 Å². The topological polar surface area (TPSA) is 65.8 Å². The largest absolute Gasteiger partial charge is 0.300 e. The van der Waals surface area contributed by atoms with Gasteiger partial charge in [0.1, 0.15) is 5.78 Å². The van der Waals surface area contributed by atoms with Gasteiger partial charge in [-0.25, -0.2) is 0 Å². The molecule has 0 radical (unpaired) electrons. The Labute approximate surface area is 94.9 Å². The van der Waals surface area contributed by atoms with Crippen molar-refractivity contribution in [3.05, 3.63) is 45.8 Å². The Morgan fingerprint density at radius 3 is 2.38 bits per heavy atom. The van der Waals surface area contributed by atoms with Crippen LogP contribution in [0.1, 0.15) is 31.9 Å². The minimum atomic E-state index is -0.552. The SMILES string of the molecule is CC(=O)Cc1ccc(C(C)(C)N=[N+]=[N-])cc1. The third-order valence-corrected chi connectivity index (χ3v) is 2.41. The molecule has 4 heteroatoms. The summed E-state index contributed by atoms with van der Waals surface area (Å²) in [5.41, 5.74) is 9.82. The standard InChI is InChI=1S/C12H15N3O/c1-9(16)8-10-4-6-11(7-5-10)12(2,3)14-15-13/h4-7H,8H2,1-3H3. The molecule has 0 N–H and O–H groups in total. The van der Waals surface area contributed by atoms with Crippen LogP contribution in [0.3, 0.4) is 0 Å². The molecular weight excluding hydrogens is 202 g/mol. The molecule has 0 amide bonds. The van der Waals surface area contributed by atoms with Gasteiger partial charge in [0.15, 0.2) is 0 Å². The Balaban J connectivity index is 2.94. The Morgan fingerprint density at radius 2 is 1.94 bits per heavy atom. The Bertz CT molecular complexity index is 428. The second-order valence-electron chi connectivity index (χ2n) is 4.32. The van der Waals surface area contributed by atoms with E-state index in [9.17, 15) is 4.79 Å². The molecule has 0 unspecified atom stereocenters. The third kappa shape index (κ3) is 3.11. The van der Waals surface area contributed by atoms with E-state index in [-0.39, 0.29) is 5.78 Å². The van der Waals surface area contributed by atoms with Crippen LogP contribution in [0.25, 0.3) is 10.4 Å². The second kappa shape index (κ2) is 4.81. The molecule has 0 fully saturated rings. The minimum Gasteiger partial charge on any atom is -0.300 e. The van der Waals surface area contributed by atoms with Crippen molar-refractivity contribution in [1.82, 2.24) is 0 Å². The number of ketones is 1. The number of hydrogen-bond donors (Lipinski definition) is 0. The van der Waals surface area contributed by atoms with Crippen molar-refractivity contribution < 1.29 is 4.79 Å². The highest BCUT2D eigenvalue weighted by Crippen LogP contribution is 2.25. The average molecular weight is 217 g/mol. The van der Waals surface area contributed by atoms with Crippen LogP contribution >= 0.6 is 0 Å². The minimum absolute atomic E-state index is 0.141. The van der Waals surface area contributed by atoms with Gasteiger partial charge in [0.05, 0.1) is 5.54 Å². The summed E-state index contributed by atoms with van der Waals surface area (Å²) in [5, 5.41) is 3.73. The van der Waals surface area contributed by atoms with E-state index in [1.54, 1.807) is 6.92 Å². The van der Waals surface area contributed by atoms with E-state index >= 15 is 0 Å². The van der Waals surface area contributed by atoms with Gasteiger partial charge in [-0.3, -0.25) is 4.79 Å². The molecule has 0 aliphatic carbocycles. The molecule has 0 aromatic heterocycles. The van der Waals surface area contributed by atoms with Crippen molar-refractivity contribution in [3.63, 3.8) is 0 Å². The number of hydrogen-bond acceptors (Lipinski definition) is 2. The molecule has 0 bridgehead atoms. The van der Waals surface area contributed by atoms with E-state index < -0.39 is 5.54 Å². The molecule has 1 aromatic rings. The zero-order valence-corrected chi connectivity index (χ0v) is 9.77. The first-order valence-corrected chi connectivity index (χ1v) is 5.11. The lowest BCUT2D eigenvalue weighted by Crippen LogP contribution is -2.12. The van der Waals surface area contributed by atoms with Crippen LogP contribution in [0, 0.1) is 0 Å². The van der Waals surface area contributed by atoms with Gasteiger partial charge in [-0.05, 0) is 23.6 Å². The highest BCUT2D eigenvalue weighted by molar-refractivity contribution is 5.78. The fourth-order valence-corrected chi connectivity index (χ4v) is 1.49. The Hall–Kier alpha value is -1.80. The van der Waals surface area contributed by atoms with Gasteiger partial charge in [-0.2, -0.15) is 0 Å². The summed E-state index contributed by atoms with van der Waals surface area (Å²) in [6.07, 6.45) is 0.447. The van der Waals surface area contributed by atoms with Gasteiger partial charge in [-0.15, -0.1) is 0 Å². The summed E-state index contributed by atoms with van der Waals surface area (Å²) >= 11 is 0. The number of rotatable bonds is 4. The number of carbonyl (C=O) groups is 1. The van der Waals surface area contributed by atoms with Crippen molar-refractivity contribution in [3.8, 4) is 0 Å². The number of azide groups is 1. The molecule has 1 rings (SSSR count). The van der Waals surface area contributed by atoms with Crippen LogP contribution in [0.15, 0.2) is 29.4 Å². The summed E-state index contributed by atoms with van der Waals surface area (Å²) in [6.45, 7) is 5.28. The van der Waals surface area contributed by atoms with Gasteiger partial charge in [0.25, 0.3) is 0 Å². The number of Topliss-reactive ketones (excluding diaryl/α,β-unsaturated/α-hetero) is 1. The molecule has 0 heterocycles. The first kappa shape index (κ1) is 12.3. The molecule has 84 valence electrons. The van der Waals surface area contributed by atoms with E-state index in [0.717, 1.165) is 11.1 Å². The van der Waals surface area contributed by atoms with Crippen LogP contribution in [-0.4, -0.2) is 5.78 Å². The van der Waals surface area contributed by atoms with Gasteiger partial charge in [-0.1, -0.05) is 43.2 Å². The summed E-state index contributed by atoms with van der Waals surface area (Å²) < 4.78 is 0. The zero-order chi connectivity index (χ0) is 12.2. The van der Waals surface area contributed by atoms with Crippen molar-refractivity contribution in [2.45, 2.75) is 32.7 Å². The summed E-state index contributed by atoms with van der Waals surface area (Å²) in [5.74, 6) is 0.141. The fraction of sp³-hybridized carbons (Fsp3) is 0.417. The van der Waals surface area contributed by atoms with E-state index in [1.165, 1.54) is 0 Å². The molecule has 0 saturated heterocycles. The van der Waals surface area contributed by atoms with Crippen molar-refractivity contribution in [2.75, 3.05) is 0 Å². The van der Waals surface area contributed by atoms with Crippen LogP contribution < -0.4 is 0 Å². The molecule has 0 atom stereocenters. The van der Waals surface area contributed by atoms with E-state index in [0.29, 0.717) is 6.42 Å². The number of nitrogens with zero attached hydrogens (tertiary/aromatic N) is 3. The van der Waals surface area contributed by atoms with Gasteiger partial charge in [0, 0.05) is 11.3 Å². The molecule has 0 spiro atoms. The normalized spacial score (nSPS) is 10.7.